The summed E-state index contributed by atoms with van der Waals surface area (Å²) < 4.78 is 2.15. The first-order chi connectivity index (χ1) is 21.8. The number of para-hydroxylation sites is 4. The molecule has 6 heteroatoms. The van der Waals surface area contributed by atoms with Gasteiger partial charge in [-0.3, -0.25) is 4.57 Å². The number of fused-ring (bicyclic) bond motifs is 9. The zero-order chi connectivity index (χ0) is 29.2. The number of anilines is 4. The summed E-state index contributed by atoms with van der Waals surface area (Å²) in [7, 11) is 0. The number of nitrogens with zero attached hydrogens (tertiary/aromatic N) is 5. The standard InChI is InChI=1S/C38H24BN5/c40-25-26-18-23-33-37(24-26)42(28-10-2-1-3-11-28)38(41-33)27-19-21-29(22-20-27)43-35-16-8-9-17-36(35)44-34-15-7-5-13-31(34)30-12-4-6-14-32(30)39(43)44/h1-24H. The van der Waals surface area contributed by atoms with Gasteiger partial charge in [-0.2, -0.15) is 5.26 Å². The molecule has 5 nitrogen and oxygen atoms in total. The lowest BCUT2D eigenvalue weighted by Gasteiger charge is -2.36. The molecule has 0 unspecified atom stereocenters. The van der Waals surface area contributed by atoms with Crippen LogP contribution in [0.4, 0.5) is 22.7 Å². The third kappa shape index (κ3) is 3.50. The van der Waals surface area contributed by atoms with Gasteiger partial charge in [0.15, 0.2) is 0 Å². The minimum atomic E-state index is -0.0114. The van der Waals surface area contributed by atoms with Crippen molar-refractivity contribution in [3.05, 3.63) is 151 Å². The summed E-state index contributed by atoms with van der Waals surface area (Å²) in [5, 5.41) is 9.60. The molecule has 3 heterocycles. The van der Waals surface area contributed by atoms with Crippen LogP contribution in [0.3, 0.4) is 0 Å². The highest BCUT2D eigenvalue weighted by Crippen LogP contribution is 2.50. The highest BCUT2D eigenvalue weighted by Gasteiger charge is 2.47. The van der Waals surface area contributed by atoms with Crippen molar-refractivity contribution in [3.63, 3.8) is 0 Å². The molecule has 0 radical (unpaired) electrons. The van der Waals surface area contributed by atoms with Gasteiger partial charge in [-0.15, -0.1) is 0 Å². The quantitative estimate of drug-likeness (QED) is 0.204. The number of imidazole rings is 1. The predicted octanol–water partition coefficient (Wildman–Crippen LogP) is 8.23. The van der Waals surface area contributed by atoms with Gasteiger partial charge in [-0.25, -0.2) is 4.98 Å². The number of nitriles is 1. The maximum atomic E-state index is 9.60. The van der Waals surface area contributed by atoms with E-state index in [1.165, 1.54) is 33.7 Å². The van der Waals surface area contributed by atoms with Gasteiger partial charge in [0.1, 0.15) is 5.82 Å². The molecular formula is C38H24BN5. The van der Waals surface area contributed by atoms with Gasteiger partial charge in [-0.1, -0.05) is 72.8 Å². The summed E-state index contributed by atoms with van der Waals surface area (Å²) in [6.45, 7) is -0.0114. The number of hydrogen-bond acceptors (Lipinski definition) is 4. The number of benzene rings is 6. The lowest BCUT2D eigenvalue weighted by atomic mass is 9.59. The van der Waals surface area contributed by atoms with Crippen LogP contribution in [0, 0.1) is 11.3 Å². The average molecular weight is 561 g/mol. The third-order valence-corrected chi connectivity index (χ3v) is 8.78. The minimum absolute atomic E-state index is 0.0114. The van der Waals surface area contributed by atoms with E-state index in [4.69, 9.17) is 4.98 Å². The summed E-state index contributed by atoms with van der Waals surface area (Å²) in [5.41, 5.74) is 12.9. The zero-order valence-electron chi connectivity index (χ0n) is 23.7. The van der Waals surface area contributed by atoms with Crippen LogP contribution in [0.2, 0.25) is 0 Å². The van der Waals surface area contributed by atoms with E-state index in [1.807, 2.05) is 36.4 Å². The van der Waals surface area contributed by atoms with Crippen molar-refractivity contribution in [2.45, 2.75) is 0 Å². The van der Waals surface area contributed by atoms with Gasteiger partial charge in [0.2, 0.25) is 0 Å². The summed E-state index contributed by atoms with van der Waals surface area (Å²) in [6.07, 6.45) is 0. The Bertz CT molecular complexity index is 2270. The molecule has 44 heavy (non-hydrogen) atoms. The third-order valence-electron chi connectivity index (χ3n) is 8.78. The molecule has 0 amide bonds. The fourth-order valence-electron chi connectivity index (χ4n) is 6.90. The zero-order valence-corrected chi connectivity index (χ0v) is 23.7. The van der Waals surface area contributed by atoms with E-state index in [0.29, 0.717) is 5.56 Å². The number of aromatic nitrogens is 2. The Morgan fingerprint density at radius 2 is 1.23 bits per heavy atom. The molecule has 0 fully saturated rings. The van der Waals surface area contributed by atoms with Crippen LogP contribution < -0.4 is 15.1 Å². The molecule has 0 bridgehead atoms. The summed E-state index contributed by atoms with van der Waals surface area (Å²) in [4.78, 5) is 9.98. The maximum absolute atomic E-state index is 9.60. The van der Waals surface area contributed by atoms with Gasteiger partial charge < -0.3 is 9.62 Å². The van der Waals surface area contributed by atoms with Crippen LogP contribution >= 0.6 is 0 Å². The molecule has 2 aliphatic rings. The molecule has 9 rings (SSSR count). The lowest BCUT2D eigenvalue weighted by Crippen LogP contribution is -2.55. The van der Waals surface area contributed by atoms with E-state index in [-0.39, 0.29) is 6.98 Å². The first-order valence-corrected chi connectivity index (χ1v) is 14.7. The molecule has 6 aromatic carbocycles. The highest BCUT2D eigenvalue weighted by molar-refractivity contribution is 6.86. The van der Waals surface area contributed by atoms with Gasteiger partial charge in [0.25, 0.3) is 0 Å². The Morgan fingerprint density at radius 3 is 2.00 bits per heavy atom. The molecular weight excluding hydrogens is 537 g/mol. The summed E-state index contributed by atoms with van der Waals surface area (Å²) in [6, 6.07) is 53.0. The van der Waals surface area contributed by atoms with Crippen LogP contribution in [0.1, 0.15) is 5.56 Å². The van der Waals surface area contributed by atoms with Crippen LogP contribution in [0.25, 0.3) is 39.2 Å². The average Bonchev–Trinajstić information content (AvgIpc) is 3.65. The second-order valence-electron chi connectivity index (χ2n) is 11.2. The van der Waals surface area contributed by atoms with Crippen LogP contribution in [-0.2, 0) is 0 Å². The molecule has 7 aromatic rings. The van der Waals surface area contributed by atoms with Gasteiger partial charge >= 0.3 is 6.98 Å². The van der Waals surface area contributed by atoms with E-state index in [9.17, 15) is 5.26 Å². The van der Waals surface area contributed by atoms with Crippen molar-refractivity contribution in [1.29, 1.82) is 5.26 Å². The molecule has 0 atom stereocenters. The van der Waals surface area contributed by atoms with Gasteiger partial charge in [0.05, 0.1) is 34.0 Å². The largest absolute Gasteiger partial charge is 0.421 e. The molecule has 1 aromatic heterocycles. The highest BCUT2D eigenvalue weighted by atomic mass is 15.3. The maximum Gasteiger partial charge on any atom is 0.421 e. The van der Waals surface area contributed by atoms with Gasteiger partial charge in [-0.05, 0) is 83.8 Å². The van der Waals surface area contributed by atoms with Crippen LogP contribution in [0.15, 0.2) is 146 Å². The first kappa shape index (κ1) is 24.5. The van der Waals surface area contributed by atoms with Crippen LogP contribution in [-0.4, -0.2) is 16.5 Å². The van der Waals surface area contributed by atoms with Crippen LogP contribution in [0.5, 0.6) is 0 Å². The second kappa shape index (κ2) is 9.48. The first-order valence-electron chi connectivity index (χ1n) is 14.7. The van der Waals surface area contributed by atoms with E-state index < -0.39 is 0 Å². The van der Waals surface area contributed by atoms with Crippen molar-refractivity contribution >= 4 is 46.2 Å². The lowest BCUT2D eigenvalue weighted by molar-refractivity contribution is 1.10. The van der Waals surface area contributed by atoms with Crippen molar-refractivity contribution in [2.24, 2.45) is 0 Å². The predicted molar refractivity (Wildman–Crippen MR) is 179 cm³/mol. The molecule has 0 N–H and O–H groups in total. The Morgan fingerprint density at radius 1 is 0.568 bits per heavy atom. The van der Waals surface area contributed by atoms with Gasteiger partial charge in [0, 0.05) is 28.2 Å². The van der Waals surface area contributed by atoms with E-state index in [2.05, 4.69) is 129 Å². The Hall–Kier alpha value is -6.06. The Balaban J connectivity index is 1.20. The Labute approximate surface area is 255 Å². The van der Waals surface area contributed by atoms with Crippen molar-refractivity contribution in [3.8, 4) is 34.3 Å². The second-order valence-corrected chi connectivity index (χ2v) is 11.2. The summed E-state index contributed by atoms with van der Waals surface area (Å²) in [5.74, 6) is 0.841. The molecule has 0 spiro atoms. The van der Waals surface area contributed by atoms with Crippen molar-refractivity contribution in [2.75, 3.05) is 9.62 Å². The number of rotatable bonds is 3. The summed E-state index contributed by atoms with van der Waals surface area (Å²) >= 11 is 0. The fraction of sp³-hybridized carbons (Fsp3) is 0. The van der Waals surface area contributed by atoms with E-state index in [0.717, 1.165) is 33.8 Å². The SMILES string of the molecule is N#Cc1ccc2nc(-c3ccc(N4B5c6ccccc6-c6ccccc6N5c5ccccc54)cc3)n(-c3ccccc3)c2c1. The van der Waals surface area contributed by atoms with E-state index in [1.54, 1.807) is 0 Å². The topological polar surface area (TPSA) is 48.1 Å². The van der Waals surface area contributed by atoms with Crippen molar-refractivity contribution in [1.82, 2.24) is 9.55 Å². The molecule has 204 valence electrons. The molecule has 0 saturated carbocycles. The Kier molecular flexibility index (Phi) is 5.29. The minimum Gasteiger partial charge on any atom is -0.360 e. The number of hydrogen-bond donors (Lipinski definition) is 0. The normalized spacial score (nSPS) is 12.8. The molecule has 0 saturated heterocycles. The van der Waals surface area contributed by atoms with E-state index >= 15 is 0 Å². The molecule has 2 aliphatic heterocycles. The smallest absolute Gasteiger partial charge is 0.360 e. The fourth-order valence-corrected chi connectivity index (χ4v) is 6.90. The molecule has 0 aliphatic carbocycles. The monoisotopic (exact) mass is 561 g/mol. The van der Waals surface area contributed by atoms with Crippen molar-refractivity contribution < 1.29 is 0 Å².